The first-order valence-electron chi connectivity index (χ1n) is 8.92. The summed E-state index contributed by atoms with van der Waals surface area (Å²) in [5, 5.41) is 2.95. The quantitative estimate of drug-likeness (QED) is 0.524. The standard InChI is InChI=1S/C19H19F4N3O5S/c1-19(22,23)17-24-10-14(16(26-17)31-13-6-4-3-5-7-13)15(27)25-12(11-30-18(20)21)8-9-32(2,28)29/h3-10,12,18H,11H2,1-2H3,(H,25,27)/b9-8+/t12-/m1/s1. The molecule has 0 bridgehead atoms. The van der Waals surface area contributed by atoms with Gasteiger partial charge in [0.25, 0.3) is 5.91 Å². The number of amides is 1. The highest BCUT2D eigenvalue weighted by molar-refractivity contribution is 7.93. The molecule has 0 fully saturated rings. The fraction of sp³-hybridized carbons (Fsp3) is 0.316. The molecule has 0 aliphatic carbocycles. The van der Waals surface area contributed by atoms with E-state index >= 15 is 0 Å². The number of benzene rings is 1. The summed E-state index contributed by atoms with van der Waals surface area (Å²) in [5.74, 6) is -5.67. The van der Waals surface area contributed by atoms with Crippen molar-refractivity contribution in [3.63, 3.8) is 0 Å². The number of ether oxygens (including phenoxy) is 2. The van der Waals surface area contributed by atoms with Gasteiger partial charge in [-0.3, -0.25) is 4.79 Å². The number of para-hydroxylation sites is 1. The molecule has 13 heteroatoms. The number of hydrogen-bond acceptors (Lipinski definition) is 7. The maximum absolute atomic E-state index is 13.7. The first-order chi connectivity index (χ1) is 14.8. The maximum Gasteiger partial charge on any atom is 0.345 e. The van der Waals surface area contributed by atoms with Gasteiger partial charge in [0, 0.05) is 24.8 Å². The normalized spacial score (nSPS) is 13.3. The average molecular weight is 477 g/mol. The fourth-order valence-corrected chi connectivity index (χ4v) is 2.69. The van der Waals surface area contributed by atoms with E-state index in [0.717, 1.165) is 18.5 Å². The van der Waals surface area contributed by atoms with E-state index in [2.05, 4.69) is 20.0 Å². The SMILES string of the molecule is CC(F)(F)c1ncc(C(=O)N[C@H](/C=C/S(C)(=O)=O)COC(F)F)c(Oc2ccccc2)n1. The molecule has 2 aromatic rings. The van der Waals surface area contributed by atoms with Crippen LogP contribution in [0.3, 0.4) is 0 Å². The molecule has 1 heterocycles. The number of carbonyl (C=O) groups is 1. The zero-order valence-corrected chi connectivity index (χ0v) is 17.7. The molecule has 0 saturated carbocycles. The van der Waals surface area contributed by atoms with Crippen molar-refractivity contribution in [2.75, 3.05) is 12.9 Å². The third kappa shape index (κ3) is 8.23. The Morgan fingerprint density at radius 2 is 1.91 bits per heavy atom. The van der Waals surface area contributed by atoms with Crippen molar-refractivity contribution in [1.82, 2.24) is 15.3 Å². The van der Waals surface area contributed by atoms with E-state index in [9.17, 15) is 30.8 Å². The molecule has 0 aliphatic heterocycles. The Hall–Kier alpha value is -3.06. The summed E-state index contributed by atoms with van der Waals surface area (Å²) >= 11 is 0. The van der Waals surface area contributed by atoms with E-state index in [1.807, 2.05) is 0 Å². The van der Waals surface area contributed by atoms with Gasteiger partial charge >= 0.3 is 12.5 Å². The Morgan fingerprint density at radius 1 is 1.25 bits per heavy atom. The van der Waals surface area contributed by atoms with Gasteiger partial charge in [-0.15, -0.1) is 0 Å². The summed E-state index contributed by atoms with van der Waals surface area (Å²) in [6.45, 7) is -3.38. The highest BCUT2D eigenvalue weighted by atomic mass is 32.2. The second-order valence-corrected chi connectivity index (χ2v) is 8.48. The molecule has 0 unspecified atom stereocenters. The molecular weight excluding hydrogens is 458 g/mol. The van der Waals surface area contributed by atoms with Gasteiger partial charge in [0.1, 0.15) is 11.3 Å². The van der Waals surface area contributed by atoms with Crippen molar-refractivity contribution in [3.05, 3.63) is 59.4 Å². The first-order valence-corrected chi connectivity index (χ1v) is 10.9. The van der Waals surface area contributed by atoms with Crippen LogP contribution < -0.4 is 10.1 Å². The second-order valence-electron chi connectivity index (χ2n) is 6.55. The monoisotopic (exact) mass is 477 g/mol. The molecule has 1 N–H and O–H groups in total. The molecule has 2 rings (SSSR count). The molecule has 1 aromatic carbocycles. The number of hydrogen-bond donors (Lipinski definition) is 1. The molecule has 32 heavy (non-hydrogen) atoms. The van der Waals surface area contributed by atoms with Gasteiger partial charge in [0.2, 0.25) is 11.7 Å². The predicted molar refractivity (Wildman–Crippen MR) is 105 cm³/mol. The number of sulfone groups is 1. The molecule has 1 atom stereocenters. The van der Waals surface area contributed by atoms with Crippen LogP contribution in [0, 0.1) is 0 Å². The van der Waals surface area contributed by atoms with Crippen molar-refractivity contribution in [3.8, 4) is 11.6 Å². The largest absolute Gasteiger partial charge is 0.438 e. The van der Waals surface area contributed by atoms with E-state index in [-0.39, 0.29) is 5.75 Å². The van der Waals surface area contributed by atoms with E-state index in [4.69, 9.17) is 4.74 Å². The lowest BCUT2D eigenvalue weighted by molar-refractivity contribution is -0.130. The Balaban J connectivity index is 2.37. The Bertz CT molecular complexity index is 1060. The van der Waals surface area contributed by atoms with E-state index in [0.29, 0.717) is 12.3 Å². The van der Waals surface area contributed by atoms with Crippen molar-refractivity contribution < 1.29 is 40.2 Å². The van der Waals surface area contributed by atoms with Crippen LogP contribution in [0.1, 0.15) is 23.1 Å². The minimum atomic E-state index is -3.64. The highest BCUT2D eigenvalue weighted by Crippen LogP contribution is 2.28. The van der Waals surface area contributed by atoms with Crippen LogP contribution >= 0.6 is 0 Å². The Morgan fingerprint density at radius 3 is 2.47 bits per heavy atom. The van der Waals surface area contributed by atoms with Crippen LogP contribution in [0.2, 0.25) is 0 Å². The summed E-state index contributed by atoms with van der Waals surface area (Å²) in [7, 11) is -3.64. The Labute approximate surface area is 181 Å². The second kappa shape index (κ2) is 10.5. The molecule has 174 valence electrons. The molecule has 1 aromatic heterocycles. The van der Waals surface area contributed by atoms with Crippen LogP contribution in [0.15, 0.2) is 48.0 Å². The first kappa shape index (κ1) is 25.2. The molecule has 0 aliphatic rings. The minimum Gasteiger partial charge on any atom is -0.438 e. The van der Waals surface area contributed by atoms with Gasteiger partial charge in [-0.25, -0.2) is 13.4 Å². The minimum absolute atomic E-state index is 0.181. The van der Waals surface area contributed by atoms with E-state index in [1.165, 1.54) is 12.1 Å². The number of aromatic nitrogens is 2. The van der Waals surface area contributed by atoms with Crippen molar-refractivity contribution >= 4 is 15.7 Å². The fourth-order valence-electron chi connectivity index (χ4n) is 2.22. The predicted octanol–water partition coefficient (Wildman–Crippen LogP) is 3.28. The highest BCUT2D eigenvalue weighted by Gasteiger charge is 2.31. The summed E-state index contributed by atoms with van der Waals surface area (Å²) < 4.78 is 84.4. The van der Waals surface area contributed by atoms with Gasteiger partial charge in [-0.1, -0.05) is 18.2 Å². The zero-order valence-electron chi connectivity index (χ0n) is 16.8. The summed E-state index contributed by atoms with van der Waals surface area (Å²) in [5.41, 5.74) is -0.392. The van der Waals surface area contributed by atoms with Crippen molar-refractivity contribution in [2.45, 2.75) is 25.5 Å². The van der Waals surface area contributed by atoms with E-state index < -0.39 is 58.2 Å². The number of halogens is 4. The van der Waals surface area contributed by atoms with E-state index in [1.54, 1.807) is 18.2 Å². The maximum atomic E-state index is 13.7. The topological polar surface area (TPSA) is 107 Å². The van der Waals surface area contributed by atoms with Crippen LogP contribution in [-0.4, -0.2) is 49.8 Å². The van der Waals surface area contributed by atoms with Crippen LogP contribution in [0.4, 0.5) is 17.6 Å². The molecule has 0 spiro atoms. The lowest BCUT2D eigenvalue weighted by atomic mass is 10.2. The number of carbonyl (C=O) groups excluding carboxylic acids is 1. The van der Waals surface area contributed by atoms with Crippen LogP contribution in [0.25, 0.3) is 0 Å². The number of rotatable bonds is 10. The Kier molecular flexibility index (Phi) is 8.27. The third-order valence-electron chi connectivity index (χ3n) is 3.63. The number of nitrogens with one attached hydrogen (secondary N) is 1. The zero-order chi connectivity index (χ0) is 23.9. The number of alkyl halides is 4. The third-order valence-corrected chi connectivity index (χ3v) is 4.28. The average Bonchev–Trinajstić information content (AvgIpc) is 2.69. The van der Waals surface area contributed by atoms with Gasteiger partial charge in [-0.05, 0) is 18.2 Å². The summed E-state index contributed by atoms with van der Waals surface area (Å²) in [6.07, 6.45) is 2.58. The summed E-state index contributed by atoms with van der Waals surface area (Å²) in [4.78, 5) is 19.8. The van der Waals surface area contributed by atoms with Gasteiger partial charge < -0.3 is 14.8 Å². The molecule has 0 radical (unpaired) electrons. The van der Waals surface area contributed by atoms with Crippen molar-refractivity contribution in [1.29, 1.82) is 0 Å². The molecular formula is C19H19F4N3O5S. The van der Waals surface area contributed by atoms with Gasteiger partial charge in [0.05, 0.1) is 12.6 Å². The smallest absolute Gasteiger partial charge is 0.345 e. The van der Waals surface area contributed by atoms with Crippen LogP contribution in [-0.2, 0) is 20.5 Å². The van der Waals surface area contributed by atoms with Crippen LogP contribution in [0.5, 0.6) is 11.6 Å². The lowest BCUT2D eigenvalue weighted by Crippen LogP contribution is -2.38. The van der Waals surface area contributed by atoms with Crippen molar-refractivity contribution in [2.24, 2.45) is 0 Å². The summed E-state index contributed by atoms with van der Waals surface area (Å²) in [6, 6.07) is 6.54. The van der Waals surface area contributed by atoms with Gasteiger partial charge in [0.15, 0.2) is 9.84 Å². The lowest BCUT2D eigenvalue weighted by Gasteiger charge is -2.17. The molecule has 1 amide bonds. The molecule has 0 saturated heterocycles. The van der Waals surface area contributed by atoms with Gasteiger partial charge in [-0.2, -0.15) is 22.5 Å². The molecule has 8 nitrogen and oxygen atoms in total. The number of nitrogens with zero attached hydrogens (tertiary/aromatic N) is 2.